The maximum Gasteiger partial charge on any atom is 0.304 e. The van der Waals surface area contributed by atoms with Gasteiger partial charge in [0.15, 0.2) is 0 Å². The molecule has 1 aromatic rings. The molecule has 0 spiro atoms. The number of carbonyl (C=O) groups is 2. The number of aliphatic carboxylic acids is 1. The summed E-state index contributed by atoms with van der Waals surface area (Å²) in [5.74, 6) is -1.35. The first-order valence-electron chi connectivity index (χ1n) is 5.68. The molecule has 1 atom stereocenters. The summed E-state index contributed by atoms with van der Waals surface area (Å²) in [6, 6.07) is 7.70. The van der Waals surface area contributed by atoms with E-state index in [4.69, 9.17) is 5.11 Å². The summed E-state index contributed by atoms with van der Waals surface area (Å²) in [5.41, 5.74) is 1.96. The number of carbonyl (C=O) groups excluding carboxylic acids is 1. The molecule has 1 aliphatic rings. The number of anilines is 1. The van der Waals surface area contributed by atoms with Crippen molar-refractivity contribution in [3.8, 4) is 0 Å². The lowest BCUT2D eigenvalue weighted by Gasteiger charge is -2.17. The van der Waals surface area contributed by atoms with Crippen LogP contribution in [0.4, 0.5) is 5.69 Å². The predicted octanol–water partition coefficient (Wildman–Crippen LogP) is 1.82. The number of carboxylic acids is 1. The molecule has 0 aliphatic carbocycles. The topological polar surface area (TPSA) is 57.6 Å². The zero-order chi connectivity index (χ0) is 12.4. The lowest BCUT2D eigenvalue weighted by atomic mass is 10.0. The maximum absolute atomic E-state index is 12.0. The fourth-order valence-electron chi connectivity index (χ4n) is 2.19. The molecule has 1 aromatic carbocycles. The van der Waals surface area contributed by atoms with Gasteiger partial charge in [-0.05, 0) is 31.0 Å². The minimum Gasteiger partial charge on any atom is -0.481 e. The Morgan fingerprint density at radius 3 is 2.94 bits per heavy atom. The van der Waals surface area contributed by atoms with Crippen molar-refractivity contribution in [2.24, 2.45) is 5.92 Å². The summed E-state index contributed by atoms with van der Waals surface area (Å²) < 4.78 is 0. The number of rotatable bonds is 3. The highest BCUT2D eigenvalue weighted by Gasteiger charge is 2.33. The Bertz CT molecular complexity index is 456. The Kier molecular flexibility index (Phi) is 3.13. The summed E-state index contributed by atoms with van der Waals surface area (Å²) >= 11 is 0. The van der Waals surface area contributed by atoms with Crippen molar-refractivity contribution in [3.63, 3.8) is 0 Å². The van der Waals surface area contributed by atoms with Gasteiger partial charge in [-0.25, -0.2) is 0 Å². The lowest BCUT2D eigenvalue weighted by Crippen LogP contribution is -2.27. The number of carboxylic acid groups (broad SMARTS) is 1. The Labute approximate surface area is 99.9 Å². The standard InChI is InChI=1S/C13H15NO3/c1-9-3-2-4-11(7-9)14-6-5-10(13(14)17)8-12(15)16/h2-4,7,10H,5-6,8H2,1H3,(H,15,16). The Balaban J connectivity index is 2.15. The molecule has 0 radical (unpaired) electrons. The van der Waals surface area contributed by atoms with E-state index >= 15 is 0 Å². The highest BCUT2D eigenvalue weighted by molar-refractivity contribution is 5.98. The number of hydrogen-bond donors (Lipinski definition) is 1. The van der Waals surface area contributed by atoms with Gasteiger partial charge in [0, 0.05) is 12.2 Å². The number of benzene rings is 1. The van der Waals surface area contributed by atoms with Gasteiger partial charge in [-0.3, -0.25) is 9.59 Å². The Morgan fingerprint density at radius 1 is 1.53 bits per heavy atom. The third-order valence-corrected chi connectivity index (χ3v) is 3.05. The number of aryl methyl sites for hydroxylation is 1. The van der Waals surface area contributed by atoms with Crippen LogP contribution in [0.25, 0.3) is 0 Å². The number of nitrogens with zero attached hydrogens (tertiary/aromatic N) is 1. The molecule has 0 aromatic heterocycles. The van der Waals surface area contributed by atoms with Crippen LogP contribution in [0.2, 0.25) is 0 Å². The smallest absolute Gasteiger partial charge is 0.304 e. The van der Waals surface area contributed by atoms with Gasteiger partial charge < -0.3 is 10.0 Å². The molecule has 17 heavy (non-hydrogen) atoms. The van der Waals surface area contributed by atoms with Crippen LogP contribution in [0.1, 0.15) is 18.4 Å². The average molecular weight is 233 g/mol. The Morgan fingerprint density at radius 2 is 2.29 bits per heavy atom. The van der Waals surface area contributed by atoms with Crippen LogP contribution in [0, 0.1) is 12.8 Å². The van der Waals surface area contributed by atoms with E-state index in [1.54, 1.807) is 4.90 Å². The summed E-state index contributed by atoms with van der Waals surface area (Å²) in [7, 11) is 0. The van der Waals surface area contributed by atoms with E-state index in [0.717, 1.165) is 11.3 Å². The first-order valence-corrected chi connectivity index (χ1v) is 5.68. The molecular weight excluding hydrogens is 218 g/mol. The highest BCUT2D eigenvalue weighted by Crippen LogP contribution is 2.27. The molecule has 0 saturated carbocycles. The van der Waals surface area contributed by atoms with Crippen molar-refractivity contribution in [2.75, 3.05) is 11.4 Å². The van der Waals surface area contributed by atoms with E-state index in [1.165, 1.54) is 0 Å². The molecule has 1 heterocycles. The van der Waals surface area contributed by atoms with Crippen LogP contribution in [-0.4, -0.2) is 23.5 Å². The van der Waals surface area contributed by atoms with Crippen molar-refractivity contribution in [1.29, 1.82) is 0 Å². The van der Waals surface area contributed by atoms with E-state index in [-0.39, 0.29) is 18.2 Å². The van der Waals surface area contributed by atoms with Crippen LogP contribution in [0.5, 0.6) is 0 Å². The second kappa shape index (κ2) is 4.57. The third-order valence-electron chi connectivity index (χ3n) is 3.05. The maximum atomic E-state index is 12.0. The van der Waals surface area contributed by atoms with E-state index in [2.05, 4.69) is 0 Å². The molecule has 0 bridgehead atoms. The lowest BCUT2D eigenvalue weighted by molar-refractivity contribution is -0.140. The molecule has 1 aliphatic heterocycles. The van der Waals surface area contributed by atoms with E-state index in [1.807, 2.05) is 31.2 Å². The average Bonchev–Trinajstić information content (AvgIpc) is 2.60. The van der Waals surface area contributed by atoms with Crippen LogP contribution in [-0.2, 0) is 9.59 Å². The van der Waals surface area contributed by atoms with E-state index in [9.17, 15) is 9.59 Å². The van der Waals surface area contributed by atoms with Crippen LogP contribution < -0.4 is 4.90 Å². The SMILES string of the molecule is Cc1cccc(N2CCC(CC(=O)O)C2=O)c1. The van der Waals surface area contributed by atoms with Crippen molar-refractivity contribution >= 4 is 17.6 Å². The molecule has 2 rings (SSSR count). The third kappa shape index (κ3) is 2.46. The van der Waals surface area contributed by atoms with Crippen molar-refractivity contribution < 1.29 is 14.7 Å². The van der Waals surface area contributed by atoms with Gasteiger partial charge in [0.25, 0.3) is 0 Å². The molecule has 1 fully saturated rings. The number of hydrogen-bond acceptors (Lipinski definition) is 2. The fraction of sp³-hybridized carbons (Fsp3) is 0.385. The number of amides is 1. The first kappa shape index (κ1) is 11.6. The van der Waals surface area contributed by atoms with Gasteiger partial charge >= 0.3 is 5.97 Å². The molecule has 4 nitrogen and oxygen atoms in total. The van der Waals surface area contributed by atoms with Crippen LogP contribution >= 0.6 is 0 Å². The van der Waals surface area contributed by atoms with Crippen LogP contribution in [0.3, 0.4) is 0 Å². The molecule has 4 heteroatoms. The van der Waals surface area contributed by atoms with Crippen molar-refractivity contribution in [3.05, 3.63) is 29.8 Å². The summed E-state index contributed by atoms with van der Waals surface area (Å²) in [6.45, 7) is 2.58. The van der Waals surface area contributed by atoms with Crippen molar-refractivity contribution in [2.45, 2.75) is 19.8 Å². The highest BCUT2D eigenvalue weighted by atomic mass is 16.4. The molecule has 1 amide bonds. The predicted molar refractivity (Wildman–Crippen MR) is 63.9 cm³/mol. The zero-order valence-corrected chi connectivity index (χ0v) is 9.72. The van der Waals surface area contributed by atoms with Crippen molar-refractivity contribution in [1.82, 2.24) is 0 Å². The normalized spacial score (nSPS) is 19.7. The first-order chi connectivity index (χ1) is 8.08. The van der Waals surface area contributed by atoms with E-state index < -0.39 is 5.97 Å². The second-order valence-electron chi connectivity index (χ2n) is 4.41. The molecule has 1 saturated heterocycles. The fourth-order valence-corrected chi connectivity index (χ4v) is 2.19. The van der Waals surface area contributed by atoms with Gasteiger partial charge in [-0.15, -0.1) is 0 Å². The van der Waals surface area contributed by atoms with Gasteiger partial charge in [0.2, 0.25) is 5.91 Å². The van der Waals surface area contributed by atoms with Gasteiger partial charge in [-0.2, -0.15) is 0 Å². The zero-order valence-electron chi connectivity index (χ0n) is 9.72. The van der Waals surface area contributed by atoms with Crippen LogP contribution in [0.15, 0.2) is 24.3 Å². The molecular formula is C13H15NO3. The van der Waals surface area contributed by atoms with E-state index in [0.29, 0.717) is 13.0 Å². The minimum atomic E-state index is -0.908. The minimum absolute atomic E-state index is 0.0683. The van der Waals surface area contributed by atoms with Gasteiger partial charge in [0.1, 0.15) is 0 Å². The summed E-state index contributed by atoms with van der Waals surface area (Å²) in [4.78, 5) is 24.3. The second-order valence-corrected chi connectivity index (χ2v) is 4.41. The van der Waals surface area contributed by atoms with Gasteiger partial charge in [0.05, 0.1) is 12.3 Å². The quantitative estimate of drug-likeness (QED) is 0.866. The molecule has 1 N–H and O–H groups in total. The monoisotopic (exact) mass is 233 g/mol. The summed E-state index contributed by atoms with van der Waals surface area (Å²) in [6.07, 6.45) is 0.556. The largest absolute Gasteiger partial charge is 0.481 e. The van der Waals surface area contributed by atoms with Gasteiger partial charge in [-0.1, -0.05) is 12.1 Å². The summed E-state index contributed by atoms with van der Waals surface area (Å²) in [5, 5.41) is 8.72. The molecule has 90 valence electrons. The Hall–Kier alpha value is -1.84. The molecule has 1 unspecified atom stereocenters.